The summed E-state index contributed by atoms with van der Waals surface area (Å²) in [6.45, 7) is 1.25. The molecule has 0 bridgehead atoms. The van der Waals surface area contributed by atoms with Gasteiger partial charge in [0.2, 0.25) is 5.91 Å². The number of hydrogen-bond acceptors (Lipinski definition) is 4. The van der Waals surface area contributed by atoms with E-state index in [0.29, 0.717) is 31.1 Å². The quantitative estimate of drug-likeness (QED) is 0.766. The van der Waals surface area contributed by atoms with E-state index >= 15 is 0 Å². The molecule has 2 amide bonds. The predicted octanol–water partition coefficient (Wildman–Crippen LogP) is 2.34. The number of fused-ring (bicyclic) bond motifs is 1. The highest BCUT2D eigenvalue weighted by atomic mass is 16.5. The van der Waals surface area contributed by atoms with Crippen LogP contribution in [0.4, 0.5) is 5.69 Å². The molecule has 0 N–H and O–H groups in total. The summed E-state index contributed by atoms with van der Waals surface area (Å²) in [4.78, 5) is 27.7. The molecular weight excluding hydrogens is 332 g/mol. The minimum Gasteiger partial charge on any atom is -0.492 e. The molecule has 6 heteroatoms. The van der Waals surface area contributed by atoms with Crippen LogP contribution in [0.25, 0.3) is 0 Å². The number of carbonyl (C=O) groups is 2. The van der Waals surface area contributed by atoms with Gasteiger partial charge in [-0.25, -0.2) is 0 Å². The highest BCUT2D eigenvalue weighted by molar-refractivity contribution is 5.98. The van der Waals surface area contributed by atoms with Crippen LogP contribution in [-0.4, -0.2) is 50.1 Å². The molecule has 0 aliphatic carbocycles. The summed E-state index contributed by atoms with van der Waals surface area (Å²) in [6.07, 6.45) is 0.252. The zero-order chi connectivity index (χ0) is 18.4. The second kappa shape index (κ2) is 8.38. The van der Waals surface area contributed by atoms with Gasteiger partial charge in [-0.3, -0.25) is 9.59 Å². The Bertz CT molecular complexity index is 763. The molecule has 3 rings (SSSR count). The van der Waals surface area contributed by atoms with Crippen molar-refractivity contribution < 1.29 is 19.1 Å². The number of carbonyl (C=O) groups excluding carboxylic acids is 2. The van der Waals surface area contributed by atoms with Crippen LogP contribution in [-0.2, 0) is 9.59 Å². The molecule has 6 nitrogen and oxygen atoms in total. The third-order valence-corrected chi connectivity index (χ3v) is 4.22. The fraction of sp³-hybridized carbons (Fsp3) is 0.300. The average Bonchev–Trinajstić information content (AvgIpc) is 2.67. The van der Waals surface area contributed by atoms with E-state index in [2.05, 4.69) is 0 Å². The number of ether oxygens (including phenoxy) is 2. The molecule has 0 aromatic heterocycles. The third-order valence-electron chi connectivity index (χ3n) is 4.22. The SMILES string of the molecule is CN(CCOc1ccccc1)C(=O)CCN1C(=O)COc2ccccc21. The smallest absolute Gasteiger partial charge is 0.265 e. The summed E-state index contributed by atoms with van der Waals surface area (Å²) in [5.41, 5.74) is 0.714. The van der Waals surface area contributed by atoms with Gasteiger partial charge in [0.15, 0.2) is 6.61 Å². The van der Waals surface area contributed by atoms with E-state index in [1.165, 1.54) is 0 Å². The van der Waals surface area contributed by atoms with E-state index in [-0.39, 0.29) is 24.8 Å². The Labute approximate surface area is 152 Å². The number of benzene rings is 2. The number of hydrogen-bond donors (Lipinski definition) is 0. The van der Waals surface area contributed by atoms with E-state index in [9.17, 15) is 9.59 Å². The molecule has 2 aromatic carbocycles. The number of para-hydroxylation sites is 3. The van der Waals surface area contributed by atoms with Crippen molar-refractivity contribution in [1.82, 2.24) is 4.90 Å². The number of rotatable bonds is 7. The summed E-state index contributed by atoms with van der Waals surface area (Å²) in [5, 5.41) is 0. The van der Waals surface area contributed by atoms with Crippen LogP contribution in [0.3, 0.4) is 0 Å². The van der Waals surface area contributed by atoms with Gasteiger partial charge in [0.25, 0.3) is 5.91 Å². The second-order valence-corrected chi connectivity index (χ2v) is 6.03. The molecule has 1 heterocycles. The first kappa shape index (κ1) is 17.8. The van der Waals surface area contributed by atoms with Crippen LogP contribution in [0.15, 0.2) is 54.6 Å². The Kier molecular flexibility index (Phi) is 5.73. The van der Waals surface area contributed by atoms with Crippen molar-refractivity contribution >= 4 is 17.5 Å². The van der Waals surface area contributed by atoms with Crippen molar-refractivity contribution in [3.8, 4) is 11.5 Å². The number of nitrogens with zero attached hydrogens (tertiary/aromatic N) is 2. The Hall–Kier alpha value is -3.02. The van der Waals surface area contributed by atoms with Crippen molar-refractivity contribution in [2.75, 3.05) is 38.3 Å². The Morgan fingerprint density at radius 1 is 1.15 bits per heavy atom. The number of anilines is 1. The highest BCUT2D eigenvalue weighted by Gasteiger charge is 2.25. The number of amides is 2. The molecule has 0 saturated heterocycles. The van der Waals surface area contributed by atoms with Crippen LogP contribution >= 0.6 is 0 Å². The van der Waals surface area contributed by atoms with E-state index in [0.717, 1.165) is 5.75 Å². The zero-order valence-corrected chi connectivity index (χ0v) is 14.8. The minimum absolute atomic E-state index is 0.00591. The fourth-order valence-electron chi connectivity index (χ4n) is 2.74. The second-order valence-electron chi connectivity index (χ2n) is 6.03. The maximum Gasteiger partial charge on any atom is 0.265 e. The Balaban J connectivity index is 1.48. The lowest BCUT2D eigenvalue weighted by Gasteiger charge is -2.29. The topological polar surface area (TPSA) is 59.1 Å². The zero-order valence-electron chi connectivity index (χ0n) is 14.8. The lowest BCUT2D eigenvalue weighted by atomic mass is 10.2. The summed E-state index contributed by atoms with van der Waals surface area (Å²) in [6, 6.07) is 16.8. The molecule has 0 saturated carbocycles. The highest BCUT2D eigenvalue weighted by Crippen LogP contribution is 2.31. The van der Waals surface area contributed by atoms with Gasteiger partial charge in [0, 0.05) is 20.0 Å². The largest absolute Gasteiger partial charge is 0.492 e. The standard InChI is InChI=1S/C20H22N2O4/c1-21(13-14-25-16-7-3-2-4-8-16)19(23)11-12-22-17-9-5-6-10-18(17)26-15-20(22)24/h2-10H,11-15H2,1H3. The first-order valence-corrected chi connectivity index (χ1v) is 8.59. The van der Waals surface area contributed by atoms with Gasteiger partial charge in [-0.05, 0) is 24.3 Å². The average molecular weight is 354 g/mol. The van der Waals surface area contributed by atoms with Gasteiger partial charge in [-0.15, -0.1) is 0 Å². The monoisotopic (exact) mass is 354 g/mol. The maximum absolute atomic E-state index is 12.3. The van der Waals surface area contributed by atoms with Gasteiger partial charge in [-0.1, -0.05) is 30.3 Å². The van der Waals surface area contributed by atoms with Crippen molar-refractivity contribution in [1.29, 1.82) is 0 Å². The normalized spacial score (nSPS) is 13.0. The third kappa shape index (κ3) is 4.33. The molecule has 0 radical (unpaired) electrons. The van der Waals surface area contributed by atoms with Crippen molar-refractivity contribution in [2.45, 2.75) is 6.42 Å². The van der Waals surface area contributed by atoms with Gasteiger partial charge in [0.05, 0.1) is 12.2 Å². The van der Waals surface area contributed by atoms with Gasteiger partial charge < -0.3 is 19.3 Å². The summed E-state index contributed by atoms with van der Waals surface area (Å²) < 4.78 is 11.0. The van der Waals surface area contributed by atoms with E-state index < -0.39 is 0 Å². The summed E-state index contributed by atoms with van der Waals surface area (Å²) in [7, 11) is 1.74. The van der Waals surface area contributed by atoms with Crippen LogP contribution < -0.4 is 14.4 Å². The molecule has 1 aliphatic rings. The maximum atomic E-state index is 12.3. The van der Waals surface area contributed by atoms with Crippen LogP contribution in [0.1, 0.15) is 6.42 Å². The lowest BCUT2D eigenvalue weighted by Crippen LogP contribution is -2.41. The molecule has 26 heavy (non-hydrogen) atoms. The molecular formula is C20H22N2O4. The molecule has 136 valence electrons. The van der Waals surface area contributed by atoms with E-state index in [1.54, 1.807) is 16.8 Å². The first-order valence-electron chi connectivity index (χ1n) is 8.59. The van der Waals surface area contributed by atoms with Gasteiger partial charge >= 0.3 is 0 Å². The van der Waals surface area contributed by atoms with Crippen molar-refractivity contribution in [2.24, 2.45) is 0 Å². The Morgan fingerprint density at radius 3 is 2.69 bits per heavy atom. The summed E-state index contributed by atoms with van der Waals surface area (Å²) >= 11 is 0. The molecule has 2 aromatic rings. The van der Waals surface area contributed by atoms with Crippen molar-refractivity contribution in [3.05, 3.63) is 54.6 Å². The van der Waals surface area contributed by atoms with Gasteiger partial charge in [-0.2, -0.15) is 0 Å². The first-order chi connectivity index (χ1) is 12.6. The summed E-state index contributed by atoms with van der Waals surface area (Å²) in [5.74, 6) is 1.29. The van der Waals surface area contributed by atoms with E-state index in [1.807, 2.05) is 54.6 Å². The lowest BCUT2D eigenvalue weighted by molar-refractivity contribution is -0.130. The van der Waals surface area contributed by atoms with Crippen LogP contribution in [0.5, 0.6) is 11.5 Å². The number of likely N-dealkylation sites (N-methyl/N-ethyl adjacent to an activating group) is 1. The van der Waals surface area contributed by atoms with Crippen LogP contribution in [0.2, 0.25) is 0 Å². The fourth-order valence-corrected chi connectivity index (χ4v) is 2.74. The minimum atomic E-state index is -0.133. The molecule has 0 atom stereocenters. The predicted molar refractivity (Wildman–Crippen MR) is 98.5 cm³/mol. The van der Waals surface area contributed by atoms with Crippen LogP contribution in [0, 0.1) is 0 Å². The Morgan fingerprint density at radius 2 is 1.88 bits per heavy atom. The molecule has 0 spiro atoms. The molecule has 0 fully saturated rings. The molecule has 0 unspecified atom stereocenters. The van der Waals surface area contributed by atoms with E-state index in [4.69, 9.17) is 9.47 Å². The van der Waals surface area contributed by atoms with Crippen molar-refractivity contribution in [3.63, 3.8) is 0 Å². The molecule has 1 aliphatic heterocycles. The van der Waals surface area contributed by atoms with Gasteiger partial charge in [0.1, 0.15) is 18.1 Å².